The minimum atomic E-state index is 0.479. The second-order valence-corrected chi connectivity index (χ2v) is 5.85. The van der Waals surface area contributed by atoms with Crippen LogP contribution in [0.4, 0.5) is 5.69 Å². The zero-order valence-electron chi connectivity index (χ0n) is 10.2. The summed E-state index contributed by atoms with van der Waals surface area (Å²) in [5.74, 6) is 2.05. The summed E-state index contributed by atoms with van der Waals surface area (Å²) in [4.78, 5) is 2.13. The molecule has 88 valence electrons. The zero-order chi connectivity index (χ0) is 11.5. The smallest absolute Gasteiger partial charge is 0.0789 e. The molecule has 0 radical (unpaired) electrons. The Labute approximate surface area is 102 Å². The first-order chi connectivity index (χ1) is 7.66. The number of hydrogen-bond acceptors (Lipinski definition) is 3. The first kappa shape index (κ1) is 11.8. The fourth-order valence-electron chi connectivity index (χ4n) is 1.85. The summed E-state index contributed by atoms with van der Waals surface area (Å²) in [5, 5.41) is 4.06. The van der Waals surface area contributed by atoms with Gasteiger partial charge in [0.15, 0.2) is 0 Å². The molecule has 2 atom stereocenters. The second kappa shape index (κ2) is 5.11. The van der Waals surface area contributed by atoms with Gasteiger partial charge < -0.3 is 10.2 Å². The van der Waals surface area contributed by atoms with Gasteiger partial charge in [-0.3, -0.25) is 0 Å². The first-order valence-corrected chi connectivity index (χ1v) is 6.84. The van der Waals surface area contributed by atoms with Gasteiger partial charge in [0.25, 0.3) is 0 Å². The van der Waals surface area contributed by atoms with E-state index in [1.54, 1.807) is 0 Å². The van der Waals surface area contributed by atoms with E-state index < -0.39 is 0 Å². The molecule has 1 saturated heterocycles. The van der Waals surface area contributed by atoms with Gasteiger partial charge in [0.1, 0.15) is 0 Å². The van der Waals surface area contributed by atoms with E-state index in [2.05, 4.69) is 55.5 Å². The highest BCUT2D eigenvalue weighted by molar-refractivity contribution is 7.99. The van der Waals surface area contributed by atoms with E-state index in [4.69, 9.17) is 0 Å². The Morgan fingerprint density at radius 3 is 2.44 bits per heavy atom. The summed E-state index contributed by atoms with van der Waals surface area (Å²) in [6.45, 7) is 3.43. The number of anilines is 1. The number of nitrogens with one attached hydrogen (secondary N) is 1. The van der Waals surface area contributed by atoms with E-state index in [1.807, 2.05) is 11.8 Å². The predicted octanol–water partition coefficient (Wildman–Crippen LogP) is 2.72. The average molecular weight is 236 g/mol. The largest absolute Gasteiger partial charge is 0.378 e. The molecule has 1 aromatic carbocycles. The third kappa shape index (κ3) is 2.71. The van der Waals surface area contributed by atoms with Crippen LogP contribution in [0.3, 0.4) is 0 Å². The third-order valence-electron chi connectivity index (χ3n) is 2.91. The summed E-state index contributed by atoms with van der Waals surface area (Å²) in [6.07, 6.45) is 0. The Kier molecular flexibility index (Phi) is 3.77. The fraction of sp³-hybridized carbons (Fsp3) is 0.538. The highest BCUT2D eigenvalue weighted by Gasteiger charge is 2.19. The molecule has 1 fully saturated rings. The van der Waals surface area contributed by atoms with E-state index in [0.29, 0.717) is 5.37 Å². The molecule has 0 amide bonds. The zero-order valence-corrected chi connectivity index (χ0v) is 11.1. The molecule has 0 aromatic heterocycles. The quantitative estimate of drug-likeness (QED) is 0.850. The summed E-state index contributed by atoms with van der Waals surface area (Å²) < 4.78 is 0. The molecule has 3 heteroatoms. The van der Waals surface area contributed by atoms with Crippen molar-refractivity contribution in [1.82, 2.24) is 5.32 Å². The Morgan fingerprint density at radius 2 is 1.94 bits per heavy atom. The molecule has 1 aliphatic rings. The summed E-state index contributed by atoms with van der Waals surface area (Å²) in [7, 11) is 4.15. The maximum absolute atomic E-state index is 3.58. The van der Waals surface area contributed by atoms with Crippen molar-refractivity contribution in [3.05, 3.63) is 29.8 Å². The monoisotopic (exact) mass is 236 g/mol. The van der Waals surface area contributed by atoms with Gasteiger partial charge in [-0.1, -0.05) is 19.1 Å². The third-order valence-corrected chi connectivity index (χ3v) is 4.45. The Bertz CT molecular complexity index is 326. The van der Waals surface area contributed by atoms with E-state index in [0.717, 1.165) is 12.5 Å². The average Bonchev–Trinajstić information content (AvgIpc) is 2.30. The summed E-state index contributed by atoms with van der Waals surface area (Å²) in [6, 6.07) is 8.84. The lowest BCUT2D eigenvalue weighted by Gasteiger charge is -2.28. The molecule has 0 saturated carbocycles. The van der Waals surface area contributed by atoms with Gasteiger partial charge >= 0.3 is 0 Å². The number of hydrogen-bond donors (Lipinski definition) is 1. The number of rotatable bonds is 2. The van der Waals surface area contributed by atoms with Gasteiger partial charge in [0.05, 0.1) is 5.37 Å². The Morgan fingerprint density at radius 1 is 1.25 bits per heavy atom. The molecule has 1 heterocycles. The van der Waals surface area contributed by atoms with E-state index >= 15 is 0 Å². The maximum atomic E-state index is 3.58. The minimum Gasteiger partial charge on any atom is -0.378 e. The summed E-state index contributed by atoms with van der Waals surface area (Å²) >= 11 is 2.01. The molecule has 2 nitrogen and oxygen atoms in total. The molecular formula is C13H20N2S. The number of benzene rings is 1. The van der Waals surface area contributed by atoms with Gasteiger partial charge in [-0.05, 0) is 35.9 Å². The van der Waals surface area contributed by atoms with Gasteiger partial charge in [-0.2, -0.15) is 0 Å². The lowest BCUT2D eigenvalue weighted by Crippen LogP contribution is -2.31. The fourth-order valence-corrected chi connectivity index (χ4v) is 3.05. The molecule has 0 spiro atoms. The van der Waals surface area contributed by atoms with E-state index in [9.17, 15) is 0 Å². The van der Waals surface area contributed by atoms with Gasteiger partial charge in [0.2, 0.25) is 0 Å². The van der Waals surface area contributed by atoms with E-state index in [1.165, 1.54) is 17.0 Å². The Balaban J connectivity index is 2.04. The van der Waals surface area contributed by atoms with Crippen molar-refractivity contribution in [3.8, 4) is 0 Å². The second-order valence-electron chi connectivity index (χ2n) is 4.71. The molecular weight excluding hydrogens is 216 g/mol. The standard InChI is InChI=1S/C13H20N2S/c1-10-8-14-13(16-9-10)11-4-6-12(7-5-11)15(2)3/h4-7,10,13-14H,8-9H2,1-3H3. The van der Waals surface area contributed by atoms with Crippen LogP contribution in [0, 0.1) is 5.92 Å². The lowest BCUT2D eigenvalue weighted by molar-refractivity contribution is 0.529. The van der Waals surface area contributed by atoms with Crippen LogP contribution >= 0.6 is 11.8 Å². The van der Waals surface area contributed by atoms with Crippen molar-refractivity contribution in [2.24, 2.45) is 5.92 Å². The van der Waals surface area contributed by atoms with Crippen molar-refractivity contribution in [1.29, 1.82) is 0 Å². The van der Waals surface area contributed by atoms with Crippen LogP contribution in [0.2, 0.25) is 0 Å². The van der Waals surface area contributed by atoms with Crippen LogP contribution in [-0.4, -0.2) is 26.4 Å². The van der Waals surface area contributed by atoms with Crippen molar-refractivity contribution in [2.75, 3.05) is 31.3 Å². The van der Waals surface area contributed by atoms with Crippen molar-refractivity contribution < 1.29 is 0 Å². The van der Waals surface area contributed by atoms with Crippen LogP contribution in [0.5, 0.6) is 0 Å². The molecule has 1 aromatic rings. The number of thioether (sulfide) groups is 1. The normalized spacial score (nSPS) is 25.4. The molecule has 16 heavy (non-hydrogen) atoms. The van der Waals surface area contributed by atoms with Crippen LogP contribution in [-0.2, 0) is 0 Å². The molecule has 1 N–H and O–H groups in total. The van der Waals surface area contributed by atoms with Gasteiger partial charge in [-0.25, -0.2) is 0 Å². The van der Waals surface area contributed by atoms with Gasteiger partial charge in [0, 0.05) is 19.8 Å². The minimum absolute atomic E-state index is 0.479. The van der Waals surface area contributed by atoms with Crippen molar-refractivity contribution >= 4 is 17.4 Å². The Hall–Kier alpha value is -0.670. The molecule has 0 aliphatic carbocycles. The van der Waals surface area contributed by atoms with Crippen LogP contribution in [0.1, 0.15) is 17.9 Å². The number of nitrogens with zero attached hydrogens (tertiary/aromatic N) is 1. The lowest BCUT2D eigenvalue weighted by atomic mass is 10.1. The predicted molar refractivity (Wildman–Crippen MR) is 73.1 cm³/mol. The summed E-state index contributed by atoms with van der Waals surface area (Å²) in [5.41, 5.74) is 2.65. The maximum Gasteiger partial charge on any atom is 0.0789 e. The molecule has 1 aliphatic heterocycles. The van der Waals surface area contributed by atoms with Crippen LogP contribution < -0.4 is 10.2 Å². The van der Waals surface area contributed by atoms with Crippen LogP contribution in [0.25, 0.3) is 0 Å². The van der Waals surface area contributed by atoms with Crippen molar-refractivity contribution in [3.63, 3.8) is 0 Å². The molecule has 2 rings (SSSR count). The highest BCUT2D eigenvalue weighted by atomic mass is 32.2. The SMILES string of the molecule is CC1CNC(c2ccc(N(C)C)cc2)SC1. The van der Waals surface area contributed by atoms with E-state index in [-0.39, 0.29) is 0 Å². The topological polar surface area (TPSA) is 15.3 Å². The van der Waals surface area contributed by atoms with Crippen molar-refractivity contribution in [2.45, 2.75) is 12.3 Å². The molecule has 2 unspecified atom stereocenters. The highest BCUT2D eigenvalue weighted by Crippen LogP contribution is 2.32. The van der Waals surface area contributed by atoms with Gasteiger partial charge in [-0.15, -0.1) is 11.8 Å². The first-order valence-electron chi connectivity index (χ1n) is 5.79. The van der Waals surface area contributed by atoms with Crippen LogP contribution in [0.15, 0.2) is 24.3 Å². The molecule has 0 bridgehead atoms.